The van der Waals surface area contributed by atoms with E-state index in [1.54, 1.807) is 29.2 Å². The van der Waals surface area contributed by atoms with Crippen LogP contribution in [0.2, 0.25) is 0 Å². The molecule has 6 atom stereocenters. The topological polar surface area (TPSA) is 157 Å². The minimum absolute atomic E-state index is 0.0157. The van der Waals surface area contributed by atoms with Gasteiger partial charge in [0.05, 0.1) is 34.7 Å². The number of hydrogen-bond acceptors (Lipinski definition) is 8. The lowest BCUT2D eigenvalue weighted by atomic mass is 9.65. The number of hydrogen-bond donors (Lipinski definition) is 3. The molecule has 17 heteroatoms. The van der Waals surface area contributed by atoms with E-state index < -0.39 is 29.1 Å². The van der Waals surface area contributed by atoms with Crippen molar-refractivity contribution in [2.75, 3.05) is 26.7 Å². The molecule has 2 aromatic heterocycles. The van der Waals surface area contributed by atoms with Crippen molar-refractivity contribution in [3.63, 3.8) is 0 Å². The van der Waals surface area contributed by atoms with Crippen molar-refractivity contribution in [3.8, 4) is 0 Å². The summed E-state index contributed by atoms with van der Waals surface area (Å²) >= 11 is 3.59. The van der Waals surface area contributed by atoms with Crippen LogP contribution < -0.4 is 16.0 Å². The fourth-order valence-electron chi connectivity index (χ4n) is 14.1. The summed E-state index contributed by atoms with van der Waals surface area (Å²) < 4.78 is 43.3. The van der Waals surface area contributed by atoms with Gasteiger partial charge in [0.1, 0.15) is 0 Å². The number of aryl methyl sites for hydroxylation is 1. The van der Waals surface area contributed by atoms with Crippen LogP contribution in [0.1, 0.15) is 162 Å². The average Bonchev–Trinajstić information content (AvgIpc) is 4.08. The van der Waals surface area contributed by atoms with Crippen molar-refractivity contribution < 1.29 is 37.1 Å². The van der Waals surface area contributed by atoms with Crippen LogP contribution in [0, 0.1) is 34.5 Å². The normalized spacial score (nSPS) is 29.3. The Bertz CT molecular complexity index is 2570. The molecule has 73 heavy (non-hydrogen) atoms. The SMILES string of the molecule is CC(C)[C@]1(C(=O)N2Cc3cc(C(F)(F)F)cnc3[C@H](NC(=O)C3CCC(NC(=O)C4CCC5(CC4)CCN(C(=O)[C@H]4CC(=O)N(C)[C@@H]4c4cccnc4)CC5)CC3)C2)CC[C@@H](N[C@@H]2CCc3cc(Br)ccc32)C1. The number of halogens is 4. The Balaban J connectivity index is 0.716. The van der Waals surface area contributed by atoms with Gasteiger partial charge in [0.25, 0.3) is 0 Å². The number of carbonyl (C=O) groups is 5. The Labute approximate surface area is 435 Å². The Hall–Kier alpha value is -4.90. The zero-order valence-corrected chi connectivity index (χ0v) is 43.9. The molecule has 3 saturated carbocycles. The number of aromatic nitrogens is 2. The Kier molecular flexibility index (Phi) is 14.6. The van der Waals surface area contributed by atoms with Crippen molar-refractivity contribution in [3.05, 3.63) is 93.0 Å². The van der Waals surface area contributed by atoms with E-state index in [0.717, 1.165) is 80.1 Å². The molecule has 5 heterocycles. The molecular formula is C56H70BrF3N8O5. The van der Waals surface area contributed by atoms with E-state index in [2.05, 4.69) is 73.9 Å². The molecule has 3 aliphatic heterocycles. The Morgan fingerprint density at radius 2 is 1.53 bits per heavy atom. The van der Waals surface area contributed by atoms with Crippen molar-refractivity contribution >= 4 is 45.5 Å². The maximum absolute atomic E-state index is 14.9. The molecule has 7 aliphatic rings. The number of likely N-dealkylation sites (tertiary alicyclic amines) is 2. The Morgan fingerprint density at radius 3 is 2.23 bits per heavy atom. The van der Waals surface area contributed by atoms with Gasteiger partial charge < -0.3 is 30.7 Å². The molecule has 3 aromatic rings. The highest BCUT2D eigenvalue weighted by Gasteiger charge is 2.52. The van der Waals surface area contributed by atoms with E-state index in [-0.39, 0.29) is 96.4 Å². The number of benzene rings is 1. The van der Waals surface area contributed by atoms with Gasteiger partial charge in [-0.1, -0.05) is 41.9 Å². The first kappa shape index (κ1) is 51.6. The maximum Gasteiger partial charge on any atom is 0.417 e. The summed E-state index contributed by atoms with van der Waals surface area (Å²) in [5, 5.41) is 10.3. The van der Waals surface area contributed by atoms with Crippen LogP contribution >= 0.6 is 15.9 Å². The zero-order chi connectivity index (χ0) is 51.4. The van der Waals surface area contributed by atoms with Crippen LogP contribution in [0.4, 0.5) is 13.2 Å². The Morgan fingerprint density at radius 1 is 0.808 bits per heavy atom. The molecule has 5 fully saturated rings. The number of carbonyl (C=O) groups excluding carboxylic acids is 5. The molecule has 4 aliphatic carbocycles. The van der Waals surface area contributed by atoms with E-state index in [0.29, 0.717) is 62.9 Å². The summed E-state index contributed by atoms with van der Waals surface area (Å²) in [5.41, 5.74) is 2.63. The van der Waals surface area contributed by atoms with Gasteiger partial charge in [-0.25, -0.2) is 0 Å². The number of amides is 5. The predicted octanol–water partition coefficient (Wildman–Crippen LogP) is 8.92. The van der Waals surface area contributed by atoms with E-state index in [9.17, 15) is 37.1 Å². The highest BCUT2D eigenvalue weighted by atomic mass is 79.9. The minimum Gasteiger partial charge on any atom is -0.353 e. The second kappa shape index (κ2) is 20.7. The number of nitrogens with one attached hydrogen (secondary N) is 3. The van der Waals surface area contributed by atoms with Gasteiger partial charge in [0, 0.05) is 92.7 Å². The monoisotopic (exact) mass is 1070 g/mol. The lowest BCUT2D eigenvalue weighted by Crippen LogP contribution is -2.52. The molecule has 10 rings (SSSR count). The van der Waals surface area contributed by atoms with Gasteiger partial charge in [-0.05, 0) is 154 Å². The van der Waals surface area contributed by atoms with Gasteiger partial charge in [0.2, 0.25) is 29.5 Å². The van der Waals surface area contributed by atoms with E-state index in [4.69, 9.17) is 0 Å². The summed E-state index contributed by atoms with van der Waals surface area (Å²) in [6.07, 6.45) is 11.4. The first-order chi connectivity index (χ1) is 34.9. The maximum atomic E-state index is 14.9. The molecule has 0 bridgehead atoms. The number of pyridine rings is 2. The minimum atomic E-state index is -4.62. The summed E-state index contributed by atoms with van der Waals surface area (Å²) in [6, 6.07) is 10.4. The number of piperidine rings is 1. The summed E-state index contributed by atoms with van der Waals surface area (Å²) in [7, 11) is 1.76. The first-order valence-corrected chi connectivity index (χ1v) is 27.6. The molecule has 392 valence electrons. The highest BCUT2D eigenvalue weighted by molar-refractivity contribution is 9.10. The standard InChI is InChI=1S/C56H70BrF3N8O5/c1-33(2)55(19-16-42(28-55)63-45-13-8-36-26-40(57)9-12-43(36)45)53(73)68-31-38-25-39(56(58,59)60)30-62-48(38)46(32-68)65-51(71)34-6-10-41(11-7-34)64-50(70)35-14-17-54(18-15-35)20-23-67(24-21-54)52(72)44-27-47(69)66(3)49(44)37-5-4-22-61-29-37/h4-5,9,12,22,25-26,29-30,33-35,41-42,44-46,49,63H,6-8,10-11,13-21,23-24,27-28,31-32H2,1-3H3,(H,64,70)(H,65,71)/t34?,41?,42-,44+,45-,46-,49-,55+/m1/s1. The molecule has 3 N–H and O–H groups in total. The molecular weight excluding hydrogens is 1000 g/mol. The van der Waals surface area contributed by atoms with Crippen molar-refractivity contribution in [1.29, 1.82) is 0 Å². The van der Waals surface area contributed by atoms with E-state index in [1.165, 1.54) is 11.1 Å². The molecule has 1 aromatic carbocycles. The number of alkyl halides is 3. The molecule has 13 nitrogen and oxygen atoms in total. The highest BCUT2D eigenvalue weighted by Crippen LogP contribution is 2.50. The lowest BCUT2D eigenvalue weighted by Gasteiger charge is -2.46. The quantitative estimate of drug-likeness (QED) is 0.182. The van der Waals surface area contributed by atoms with Gasteiger partial charge in [0.15, 0.2) is 0 Å². The number of fused-ring (bicyclic) bond motifs is 2. The van der Waals surface area contributed by atoms with E-state index in [1.807, 2.05) is 17.0 Å². The molecule has 2 saturated heterocycles. The average molecular weight is 1070 g/mol. The number of rotatable bonds is 10. The number of nitrogens with zero attached hydrogens (tertiary/aromatic N) is 5. The molecule has 5 amide bonds. The van der Waals surface area contributed by atoms with Crippen LogP contribution in [0.15, 0.2) is 59.5 Å². The molecule has 0 unspecified atom stereocenters. The van der Waals surface area contributed by atoms with Crippen LogP contribution in [-0.4, -0.2) is 93.0 Å². The lowest BCUT2D eigenvalue weighted by molar-refractivity contribution is -0.147. The third-order valence-electron chi connectivity index (χ3n) is 18.7. The van der Waals surface area contributed by atoms with Gasteiger partial charge in [-0.15, -0.1) is 0 Å². The fourth-order valence-corrected chi connectivity index (χ4v) is 14.5. The van der Waals surface area contributed by atoms with Gasteiger partial charge >= 0.3 is 6.18 Å². The van der Waals surface area contributed by atoms with E-state index >= 15 is 0 Å². The molecule has 0 radical (unpaired) electrons. The van der Waals surface area contributed by atoms with Crippen LogP contribution in [-0.2, 0) is 43.1 Å². The van der Waals surface area contributed by atoms with Crippen molar-refractivity contribution in [2.45, 2.75) is 160 Å². The van der Waals surface area contributed by atoms with Crippen LogP contribution in [0.3, 0.4) is 0 Å². The summed E-state index contributed by atoms with van der Waals surface area (Å²) in [5.74, 6) is -1.16. The third-order valence-corrected chi connectivity index (χ3v) is 19.1. The first-order valence-electron chi connectivity index (χ1n) is 26.9. The smallest absolute Gasteiger partial charge is 0.353 e. The summed E-state index contributed by atoms with van der Waals surface area (Å²) in [6.45, 7) is 5.51. The predicted molar refractivity (Wildman–Crippen MR) is 271 cm³/mol. The van der Waals surface area contributed by atoms with Gasteiger partial charge in [-0.2, -0.15) is 13.2 Å². The summed E-state index contributed by atoms with van der Waals surface area (Å²) in [4.78, 5) is 83.2. The largest absolute Gasteiger partial charge is 0.417 e. The van der Waals surface area contributed by atoms with Crippen molar-refractivity contribution in [1.82, 2.24) is 40.6 Å². The van der Waals surface area contributed by atoms with Gasteiger partial charge in [-0.3, -0.25) is 33.9 Å². The van der Waals surface area contributed by atoms with Crippen molar-refractivity contribution in [2.24, 2.45) is 34.5 Å². The molecule has 1 spiro atoms. The second-order valence-corrected chi connectivity index (χ2v) is 24.0. The van der Waals surface area contributed by atoms with Crippen LogP contribution in [0.25, 0.3) is 0 Å². The zero-order valence-electron chi connectivity index (χ0n) is 42.3. The fraction of sp³-hybridized carbons (Fsp3) is 0.625. The third kappa shape index (κ3) is 10.4. The second-order valence-electron chi connectivity index (χ2n) is 23.1. The van der Waals surface area contributed by atoms with Crippen LogP contribution in [0.5, 0.6) is 0 Å².